The van der Waals surface area contributed by atoms with E-state index in [0.717, 1.165) is 42.6 Å². The fraction of sp³-hybridized carbons (Fsp3) is 0.143. The lowest BCUT2D eigenvalue weighted by Crippen LogP contribution is -2.62. The summed E-state index contributed by atoms with van der Waals surface area (Å²) in [6.45, 7) is 0. The molecule has 0 saturated heterocycles. The Morgan fingerprint density at radius 3 is 0.610 bits per heavy atom. The van der Waals surface area contributed by atoms with Gasteiger partial charge in [0.25, 0.3) is 0 Å². The van der Waals surface area contributed by atoms with E-state index in [1.165, 1.54) is 95.1 Å². The molecule has 0 bridgehead atoms. The molecule has 4 spiro atoms. The van der Waals surface area contributed by atoms with E-state index in [1.807, 2.05) is 47.0 Å². The van der Waals surface area contributed by atoms with Crippen LogP contribution >= 0.6 is 94.1 Å². The van der Waals surface area contributed by atoms with Gasteiger partial charge in [0.15, 0.2) is 0 Å². The number of esters is 4. The molecule has 8 nitrogen and oxygen atoms in total. The summed E-state index contributed by atoms with van der Waals surface area (Å²) in [6.07, 6.45) is 3.45. The van der Waals surface area contributed by atoms with Gasteiger partial charge < -0.3 is 18.9 Å². The van der Waals surface area contributed by atoms with Crippen molar-refractivity contribution in [2.24, 2.45) is 0 Å². The van der Waals surface area contributed by atoms with Crippen LogP contribution in [0.15, 0.2) is 56.2 Å². The third kappa shape index (κ3) is 3.11. The number of carbonyl (C=O) groups excluding carboxylic acids is 4. The van der Waals surface area contributed by atoms with Gasteiger partial charge in [0.1, 0.15) is 19.6 Å². The Morgan fingerprint density at radius 1 is 0.220 bits per heavy atom. The predicted molar refractivity (Wildman–Crippen MR) is 417 cm³/mol. The van der Waals surface area contributed by atoms with Crippen molar-refractivity contribution < 1.29 is 38.1 Å². The number of carbonyl (C=O) groups is 4. The van der Waals surface area contributed by atoms with Gasteiger partial charge >= 0.3 is 23.9 Å². The van der Waals surface area contributed by atoms with Crippen molar-refractivity contribution in [1.29, 1.82) is 0 Å². The topological polar surface area (TPSA) is 105 Å². The summed E-state index contributed by atoms with van der Waals surface area (Å²) in [5, 5.41) is 77.6. The summed E-state index contributed by atoms with van der Waals surface area (Å²) >= 11 is 13.3. The molecule has 16 heteroatoms. The van der Waals surface area contributed by atoms with E-state index in [4.69, 9.17) is 18.9 Å². The van der Waals surface area contributed by atoms with Crippen LogP contribution in [0.5, 0.6) is 0 Å². The zero-order valence-corrected chi connectivity index (χ0v) is 57.9. The Bertz CT molecular complexity index is 8640. The second kappa shape index (κ2) is 11.9. The first-order valence-corrected chi connectivity index (χ1v) is 40.9. The molecule has 100 heavy (non-hydrogen) atoms. The summed E-state index contributed by atoms with van der Waals surface area (Å²) < 4.78 is 25.9. The molecule has 25 aromatic rings. The molecule has 0 radical (unpaired) electrons. The summed E-state index contributed by atoms with van der Waals surface area (Å²) in [5.74, 6) is -2.05. The van der Waals surface area contributed by atoms with Crippen molar-refractivity contribution >= 4 is 382 Å². The van der Waals surface area contributed by atoms with Gasteiger partial charge in [0, 0.05) is 41.3 Å². The highest BCUT2D eigenvalue weighted by Gasteiger charge is 2.82. The van der Waals surface area contributed by atoms with Crippen LogP contribution in [-0.2, 0) is 59.8 Å². The molecule has 0 amide bonds. The number of allylic oxidation sites excluding steroid dienone is 4. The summed E-state index contributed by atoms with van der Waals surface area (Å²) in [6, 6.07) is 0. The lowest BCUT2D eigenvalue weighted by Gasteiger charge is -2.62. The largest absolute Gasteiger partial charge is 0.465 e. The van der Waals surface area contributed by atoms with Crippen molar-refractivity contribution in [2.45, 2.75) is 47.3 Å². The van der Waals surface area contributed by atoms with E-state index in [2.05, 4.69) is 0 Å². The summed E-state index contributed by atoms with van der Waals surface area (Å²) in [7, 11) is 5.61. The zero-order chi connectivity index (χ0) is 62.9. The molecule has 0 saturated carbocycles. The zero-order valence-electron chi connectivity index (χ0n) is 51.4. The molecule has 0 N–H and O–H groups in total. The van der Waals surface area contributed by atoms with E-state index in [1.54, 1.807) is 303 Å². The van der Waals surface area contributed by atoms with Gasteiger partial charge in [-0.3, -0.25) is 0 Å². The van der Waals surface area contributed by atoms with E-state index >= 15 is 0 Å². The summed E-state index contributed by atoms with van der Waals surface area (Å²) in [4.78, 5) is 62.2. The molecule has 4 aliphatic heterocycles. The van der Waals surface area contributed by atoms with Crippen LogP contribution < -0.4 is 5.22 Å². The molecule has 9 aliphatic carbocycles. The van der Waals surface area contributed by atoms with Crippen molar-refractivity contribution in [3.8, 4) is 0 Å². The molecule has 4 unspecified atom stereocenters. The number of hydrogen-bond acceptors (Lipinski definition) is 16. The molecule has 25 aromatic carbocycles. The Balaban J connectivity index is 0.809. The second-order valence-corrected chi connectivity index (χ2v) is 41.8. The first kappa shape index (κ1) is 46.4. The van der Waals surface area contributed by atoms with E-state index in [0.29, 0.717) is 19.6 Å². The number of hydrogen-bond donors (Lipinski definition) is 0. The lowest BCUT2D eigenvalue weighted by atomic mass is 9.40. The van der Waals surface area contributed by atoms with Crippen LogP contribution in [0.1, 0.15) is 59.1 Å². The van der Waals surface area contributed by atoms with Gasteiger partial charge in [-0.1, -0.05) is 94.1 Å². The van der Waals surface area contributed by atoms with Crippen LogP contribution in [0.4, 0.5) is 0 Å². The molecule has 4 atom stereocenters. The Kier molecular flexibility index (Phi) is 5.54. The van der Waals surface area contributed by atoms with Crippen molar-refractivity contribution in [3.05, 3.63) is 94.8 Å². The fourth-order valence-electron chi connectivity index (χ4n) is 30.1. The highest BCUT2D eigenvalue weighted by Crippen LogP contribution is 2.92. The van der Waals surface area contributed by atoms with Gasteiger partial charge in [0.05, 0.1) is 45.4 Å². The van der Waals surface area contributed by atoms with Crippen molar-refractivity contribution in [3.63, 3.8) is 0 Å². The smallest absolute Gasteiger partial charge is 0.346 e. The maximum Gasteiger partial charge on any atom is 0.346 e. The van der Waals surface area contributed by atoms with Crippen LogP contribution in [0, 0.1) is 0 Å². The minimum Gasteiger partial charge on any atom is -0.465 e. The molecular formula is C84H20O8S8. The third-order valence-electron chi connectivity index (χ3n) is 31.1. The van der Waals surface area contributed by atoms with Crippen LogP contribution in [-0.4, -0.2) is 52.3 Å². The van der Waals surface area contributed by atoms with Gasteiger partial charge in [-0.2, -0.15) is 0 Å². The van der Waals surface area contributed by atoms with Crippen molar-refractivity contribution in [1.82, 2.24) is 0 Å². The first-order chi connectivity index (χ1) is 49.2. The Labute approximate surface area is 585 Å². The molecule has 38 rings (SSSR count). The van der Waals surface area contributed by atoms with Crippen molar-refractivity contribution in [2.75, 3.05) is 28.4 Å². The van der Waals surface area contributed by atoms with Crippen LogP contribution in [0.2, 0.25) is 0 Å². The normalized spacial score (nSPS) is 26.4. The predicted octanol–water partition coefficient (Wildman–Crippen LogP) is 21.3. The quantitative estimate of drug-likeness (QED) is 0.0947. The minimum atomic E-state index is -0.528. The minimum absolute atomic E-state index is 0.300. The number of benzene rings is 16. The number of methoxy groups -OCH3 is 4. The SMILES string of the molecule is COC(=O)C1=C(C(=O)OC)SC(=C2SC3=C(CC45c6c7c8c9c%10c%11c%12c%13c%14c%15c%16c(c%17c%18c4c4c6c6c%19c7c9c7c%11c9c%11c%12c%12c%14c%14c%15c%17c%15c%18c%17c4c4c6c6c%19c7c9c7c6c6c4c%17c4c%15c%14c9c%12c%11c7c6c49)C5(C3)C=8C%163CC4=C(CC%10%133)SC(=C3SC(C(=O)OC)=C(C(=O)OC)S3)S4)S2)S1. The third-order valence-corrected chi connectivity index (χ3v) is 42.6. The van der Waals surface area contributed by atoms with Crippen LogP contribution in [0.3, 0.4) is 0 Å². The molecule has 0 fully saturated rings. The molecule has 452 valence electrons. The highest BCUT2D eigenvalue weighted by atomic mass is 32.2. The maximum atomic E-state index is 13.8. The average Bonchev–Trinajstić information content (AvgIpc) is 1.37. The summed E-state index contributed by atoms with van der Waals surface area (Å²) in [5.41, 5.74) is 9.67. The number of thioether (sulfide) groups is 8. The lowest BCUT2D eigenvalue weighted by molar-refractivity contribution is -0.138. The monoisotopic (exact) mass is 1410 g/mol. The number of ether oxygens (including phenoxy) is 4. The molecule has 4 heterocycles. The number of rotatable bonds is 4. The Hall–Kier alpha value is -8.16. The van der Waals surface area contributed by atoms with Crippen LogP contribution in [0.25, 0.3) is 264 Å². The molecular weight excluding hydrogens is 1390 g/mol. The van der Waals surface area contributed by atoms with E-state index < -0.39 is 45.5 Å². The average molecular weight is 1410 g/mol. The van der Waals surface area contributed by atoms with E-state index in [-0.39, 0.29) is 0 Å². The van der Waals surface area contributed by atoms with Gasteiger partial charge in [0.2, 0.25) is 0 Å². The fourth-order valence-corrected chi connectivity index (χ4v) is 41.5. The van der Waals surface area contributed by atoms with Gasteiger partial charge in [-0.05, 0) is 328 Å². The highest BCUT2D eigenvalue weighted by molar-refractivity contribution is 8.35. The molecule has 0 aromatic heterocycles. The standard InChI is InChI=1S/C84H20O8S8/c1-89-73(85)68-69(74(86)90-2)98-79(97-68)77-93-9-5-81-62-51-41-31-21-15-13-14-19-25(21)35(41)45-37-27(19)28-20(14)26-22-16(13)18-17(15)23-29-30-24(18)34-32(22)42-36(26)46-38(28)48-47(37)57(55(45)62)66-67-58(48)56(46)63-52(42)54-44(34)40(30)50-49-39(29)43(33(23)31)53(51)64(81)59(49)61-60(50)65(54)82(63)6-10-12(8-84(67,82)72(61)83(66,81)7-11(9)95-77)96-78(94-10)80-99-70(75(87)91-3)71(100-80)76(88)92-4/h5-8H2,1-4H3. The second-order valence-electron chi connectivity index (χ2n) is 32.3. The molecule has 13 aliphatic rings. The maximum absolute atomic E-state index is 13.8. The van der Waals surface area contributed by atoms with Gasteiger partial charge in [-0.25, -0.2) is 19.2 Å². The first-order valence-electron chi connectivity index (χ1n) is 34.4. The van der Waals surface area contributed by atoms with Gasteiger partial charge in [-0.15, -0.1) is 0 Å². The Morgan fingerprint density at radius 2 is 0.390 bits per heavy atom. The van der Waals surface area contributed by atoms with E-state index in [9.17, 15) is 19.2 Å².